The Labute approximate surface area is 112 Å². The average Bonchev–Trinajstić information content (AvgIpc) is 2.33. The molecule has 20 heavy (non-hydrogen) atoms. The summed E-state index contributed by atoms with van der Waals surface area (Å²) in [6, 6.07) is 5.35. The summed E-state index contributed by atoms with van der Waals surface area (Å²) in [5.41, 5.74) is 0. The Morgan fingerprint density at radius 1 is 1.10 bits per heavy atom. The van der Waals surface area contributed by atoms with Crippen LogP contribution in [0.1, 0.15) is 6.42 Å². The van der Waals surface area contributed by atoms with Gasteiger partial charge in [-0.2, -0.15) is 0 Å². The van der Waals surface area contributed by atoms with Crippen LogP contribution in [0.5, 0.6) is 11.5 Å². The Bertz CT molecular complexity index is 433. The predicted octanol–water partition coefficient (Wildman–Crippen LogP) is 2.46. The van der Waals surface area contributed by atoms with Crippen LogP contribution in [0.25, 0.3) is 0 Å². The van der Waals surface area contributed by atoms with Crippen LogP contribution < -0.4 is 9.47 Å². The monoisotopic (exact) mass is 294 g/mol. The summed E-state index contributed by atoms with van der Waals surface area (Å²) in [7, 11) is 0. The minimum absolute atomic E-state index is 0.0133. The van der Waals surface area contributed by atoms with Gasteiger partial charge in [0.1, 0.15) is 6.61 Å². The molecule has 0 atom stereocenters. The highest BCUT2D eigenvalue weighted by Gasteiger charge is 2.32. The Morgan fingerprint density at radius 3 is 2.35 bits per heavy atom. The molecule has 8 heteroatoms. The third-order valence-corrected chi connectivity index (χ3v) is 2.02. The predicted molar refractivity (Wildman–Crippen MR) is 61.7 cm³/mol. The fraction of sp³-hybridized carbons (Fsp3) is 0.417. The number of benzene rings is 1. The van der Waals surface area contributed by atoms with Crippen LogP contribution in [0, 0.1) is 0 Å². The molecule has 0 spiro atoms. The van der Waals surface area contributed by atoms with Gasteiger partial charge in [0.2, 0.25) is 0 Å². The van der Waals surface area contributed by atoms with E-state index in [1.807, 2.05) is 0 Å². The topological polar surface area (TPSA) is 65.0 Å². The Hall–Kier alpha value is -1.96. The van der Waals surface area contributed by atoms with Crippen molar-refractivity contribution in [1.29, 1.82) is 0 Å². The van der Waals surface area contributed by atoms with Crippen molar-refractivity contribution < 1.29 is 37.3 Å². The van der Waals surface area contributed by atoms with Gasteiger partial charge in [-0.1, -0.05) is 12.1 Å². The molecule has 0 aliphatic rings. The fourth-order valence-electron chi connectivity index (χ4n) is 1.25. The van der Waals surface area contributed by atoms with E-state index < -0.39 is 18.1 Å². The molecule has 112 valence electrons. The SMILES string of the molecule is O=C(O)CCOCCOc1ccccc1OC(F)(F)F. The van der Waals surface area contributed by atoms with Crippen molar-refractivity contribution in [3.63, 3.8) is 0 Å². The standard InChI is InChI=1S/C12H13F3O5/c13-12(14,15)20-10-4-2-1-3-9(10)19-8-7-18-6-5-11(16)17/h1-4H,5-8H2,(H,16,17). The van der Waals surface area contributed by atoms with Crippen molar-refractivity contribution in [1.82, 2.24) is 0 Å². The maximum Gasteiger partial charge on any atom is 0.573 e. The van der Waals surface area contributed by atoms with Crippen LogP contribution in [-0.2, 0) is 9.53 Å². The Kier molecular flexibility index (Phi) is 6.10. The zero-order valence-corrected chi connectivity index (χ0v) is 10.4. The smallest absolute Gasteiger partial charge is 0.487 e. The molecule has 0 radical (unpaired) electrons. The van der Waals surface area contributed by atoms with Gasteiger partial charge >= 0.3 is 12.3 Å². The lowest BCUT2D eigenvalue weighted by Crippen LogP contribution is -2.18. The zero-order chi connectivity index (χ0) is 15.0. The van der Waals surface area contributed by atoms with E-state index in [4.69, 9.17) is 14.6 Å². The van der Waals surface area contributed by atoms with E-state index in [0.717, 1.165) is 6.07 Å². The van der Waals surface area contributed by atoms with Crippen LogP contribution in [0.4, 0.5) is 13.2 Å². The number of alkyl halides is 3. The summed E-state index contributed by atoms with van der Waals surface area (Å²) in [6.07, 6.45) is -4.94. The highest BCUT2D eigenvalue weighted by molar-refractivity contribution is 5.66. The minimum Gasteiger partial charge on any atom is -0.487 e. The van der Waals surface area contributed by atoms with Crippen LogP contribution >= 0.6 is 0 Å². The molecule has 0 fully saturated rings. The molecule has 0 unspecified atom stereocenters. The maximum atomic E-state index is 12.1. The van der Waals surface area contributed by atoms with E-state index in [9.17, 15) is 18.0 Å². The number of carbonyl (C=O) groups is 1. The number of hydrogen-bond donors (Lipinski definition) is 1. The van der Waals surface area contributed by atoms with Crippen LogP contribution in [0.3, 0.4) is 0 Å². The van der Waals surface area contributed by atoms with Gasteiger partial charge in [-0.25, -0.2) is 0 Å². The summed E-state index contributed by atoms with van der Waals surface area (Å²) in [5, 5.41) is 8.36. The molecule has 0 aromatic heterocycles. The Balaban J connectivity index is 2.38. The molecule has 0 aliphatic carbocycles. The van der Waals surface area contributed by atoms with Gasteiger partial charge in [-0.15, -0.1) is 13.2 Å². The van der Waals surface area contributed by atoms with E-state index in [2.05, 4.69) is 4.74 Å². The first-order valence-electron chi connectivity index (χ1n) is 5.65. The van der Waals surface area contributed by atoms with Crippen molar-refractivity contribution in [2.75, 3.05) is 19.8 Å². The summed E-state index contributed by atoms with van der Waals surface area (Å²) < 4.78 is 50.2. The molecule has 0 bridgehead atoms. The molecule has 1 aromatic rings. The van der Waals surface area contributed by atoms with Crippen LogP contribution in [0.15, 0.2) is 24.3 Å². The highest BCUT2D eigenvalue weighted by atomic mass is 19.4. The molecule has 0 saturated carbocycles. The molecule has 5 nitrogen and oxygen atoms in total. The molecular formula is C12H13F3O5. The second kappa shape index (κ2) is 7.59. The number of carboxylic acid groups (broad SMARTS) is 1. The van der Waals surface area contributed by atoms with Gasteiger partial charge in [0, 0.05) is 0 Å². The van der Waals surface area contributed by atoms with Crippen molar-refractivity contribution in [3.05, 3.63) is 24.3 Å². The highest BCUT2D eigenvalue weighted by Crippen LogP contribution is 2.31. The van der Waals surface area contributed by atoms with Gasteiger partial charge in [-0.3, -0.25) is 4.79 Å². The average molecular weight is 294 g/mol. The summed E-state index contributed by atoms with van der Waals surface area (Å²) in [6.45, 7) is 0.0604. The van der Waals surface area contributed by atoms with Crippen molar-refractivity contribution in [2.24, 2.45) is 0 Å². The van der Waals surface area contributed by atoms with Crippen molar-refractivity contribution in [2.45, 2.75) is 12.8 Å². The van der Waals surface area contributed by atoms with Crippen molar-refractivity contribution in [3.8, 4) is 11.5 Å². The number of rotatable bonds is 8. The lowest BCUT2D eigenvalue weighted by Gasteiger charge is -2.13. The van der Waals surface area contributed by atoms with Gasteiger partial charge in [0.15, 0.2) is 11.5 Å². The van der Waals surface area contributed by atoms with E-state index in [1.54, 1.807) is 0 Å². The van der Waals surface area contributed by atoms with E-state index >= 15 is 0 Å². The first-order chi connectivity index (χ1) is 9.38. The molecular weight excluding hydrogens is 281 g/mol. The maximum absolute atomic E-state index is 12.1. The normalized spacial score (nSPS) is 11.2. The molecule has 1 aromatic carbocycles. The van der Waals surface area contributed by atoms with Crippen molar-refractivity contribution >= 4 is 5.97 Å². The van der Waals surface area contributed by atoms with Gasteiger partial charge in [0.25, 0.3) is 0 Å². The number of halogens is 3. The van der Waals surface area contributed by atoms with E-state index in [0.29, 0.717) is 0 Å². The largest absolute Gasteiger partial charge is 0.573 e. The first kappa shape index (κ1) is 16.1. The second-order valence-electron chi connectivity index (χ2n) is 3.60. The number of aliphatic carboxylic acids is 1. The quantitative estimate of drug-likeness (QED) is 0.746. The number of carboxylic acids is 1. The van der Waals surface area contributed by atoms with Gasteiger partial charge < -0.3 is 19.3 Å². The third-order valence-electron chi connectivity index (χ3n) is 2.02. The number of para-hydroxylation sites is 2. The van der Waals surface area contributed by atoms with Crippen LogP contribution in [0.2, 0.25) is 0 Å². The molecule has 0 heterocycles. The molecule has 0 aliphatic heterocycles. The third kappa shape index (κ3) is 6.83. The molecule has 1 N–H and O–H groups in total. The van der Waals surface area contributed by atoms with Gasteiger partial charge in [-0.05, 0) is 12.1 Å². The summed E-state index contributed by atoms with van der Waals surface area (Å²) >= 11 is 0. The lowest BCUT2D eigenvalue weighted by molar-refractivity contribution is -0.275. The minimum atomic E-state index is -4.79. The van der Waals surface area contributed by atoms with E-state index in [-0.39, 0.29) is 32.0 Å². The number of ether oxygens (including phenoxy) is 3. The summed E-state index contributed by atoms with van der Waals surface area (Å²) in [4.78, 5) is 10.2. The fourth-order valence-corrected chi connectivity index (χ4v) is 1.25. The first-order valence-corrected chi connectivity index (χ1v) is 5.65. The molecule has 0 amide bonds. The summed E-state index contributed by atoms with van der Waals surface area (Å²) in [5.74, 6) is -1.49. The molecule has 1 rings (SSSR count). The van der Waals surface area contributed by atoms with E-state index in [1.165, 1.54) is 18.2 Å². The number of hydrogen-bond acceptors (Lipinski definition) is 4. The Morgan fingerprint density at radius 2 is 1.75 bits per heavy atom. The lowest BCUT2D eigenvalue weighted by atomic mass is 10.3. The van der Waals surface area contributed by atoms with Gasteiger partial charge in [0.05, 0.1) is 19.6 Å². The second-order valence-corrected chi connectivity index (χ2v) is 3.60. The van der Waals surface area contributed by atoms with Crippen LogP contribution in [-0.4, -0.2) is 37.3 Å². The zero-order valence-electron chi connectivity index (χ0n) is 10.4. The molecule has 0 saturated heterocycles.